The van der Waals surface area contributed by atoms with Crippen molar-refractivity contribution in [2.75, 3.05) is 32.1 Å². The van der Waals surface area contributed by atoms with Gasteiger partial charge in [-0.2, -0.15) is 0 Å². The van der Waals surface area contributed by atoms with Gasteiger partial charge in [-0.1, -0.05) is 13.0 Å². The smallest absolute Gasteiger partial charge is 0.251 e. The average molecular weight is 247 g/mol. The Kier molecular flexibility index (Phi) is 3.87. The maximum Gasteiger partial charge on any atom is 0.251 e. The summed E-state index contributed by atoms with van der Waals surface area (Å²) in [5.41, 5.74) is 1.76. The first kappa shape index (κ1) is 12.9. The molecule has 1 aliphatic heterocycles. The van der Waals surface area contributed by atoms with E-state index in [1.165, 1.54) is 0 Å². The summed E-state index contributed by atoms with van der Waals surface area (Å²) in [6, 6.07) is 7.93. The zero-order chi connectivity index (χ0) is 13.1. The lowest BCUT2D eigenvalue weighted by Gasteiger charge is -2.17. The maximum atomic E-state index is 12.2. The van der Waals surface area contributed by atoms with Gasteiger partial charge in [0.15, 0.2) is 0 Å². The molecule has 0 aliphatic carbocycles. The first-order valence-electron chi connectivity index (χ1n) is 6.37. The number of carbonyl (C=O) groups excluding carboxylic acids is 1. The minimum Gasteiger partial charge on any atom is -0.378 e. The number of nitrogens with zero attached hydrogens (tertiary/aromatic N) is 1. The van der Waals surface area contributed by atoms with Gasteiger partial charge >= 0.3 is 0 Å². The van der Waals surface area contributed by atoms with Gasteiger partial charge in [-0.05, 0) is 30.7 Å². The van der Waals surface area contributed by atoms with Crippen LogP contribution in [0.2, 0.25) is 0 Å². The average Bonchev–Trinajstić information content (AvgIpc) is 2.75. The zero-order valence-electron chi connectivity index (χ0n) is 11.2. The Hall–Kier alpha value is -1.55. The van der Waals surface area contributed by atoms with E-state index in [4.69, 9.17) is 0 Å². The highest BCUT2D eigenvalue weighted by molar-refractivity contribution is 5.95. The molecule has 98 valence electrons. The van der Waals surface area contributed by atoms with Gasteiger partial charge in [0.25, 0.3) is 5.91 Å². The van der Waals surface area contributed by atoms with Crippen LogP contribution in [0.5, 0.6) is 0 Å². The van der Waals surface area contributed by atoms with Crippen molar-refractivity contribution in [1.29, 1.82) is 0 Å². The first-order chi connectivity index (χ1) is 8.58. The molecule has 2 rings (SSSR count). The molecule has 2 N–H and O–H groups in total. The largest absolute Gasteiger partial charge is 0.378 e. The lowest BCUT2D eigenvalue weighted by atomic mass is 10.1. The van der Waals surface area contributed by atoms with Gasteiger partial charge in [-0.15, -0.1) is 0 Å². The Labute approximate surface area is 108 Å². The summed E-state index contributed by atoms with van der Waals surface area (Å²) in [5, 5.41) is 6.38. The summed E-state index contributed by atoms with van der Waals surface area (Å²) in [6.07, 6.45) is 0. The van der Waals surface area contributed by atoms with Crippen LogP contribution in [0.15, 0.2) is 24.3 Å². The molecule has 0 bridgehead atoms. The van der Waals surface area contributed by atoms with Crippen LogP contribution in [0.3, 0.4) is 0 Å². The summed E-state index contributed by atoms with van der Waals surface area (Å²) in [5.74, 6) is 0.505. The highest BCUT2D eigenvalue weighted by atomic mass is 16.1. The molecule has 2 unspecified atom stereocenters. The normalized spacial score (nSPS) is 22.8. The molecule has 0 spiro atoms. The number of amides is 1. The summed E-state index contributed by atoms with van der Waals surface area (Å²) >= 11 is 0. The van der Waals surface area contributed by atoms with Gasteiger partial charge in [0, 0.05) is 37.9 Å². The minimum absolute atomic E-state index is 0.0132. The van der Waals surface area contributed by atoms with E-state index in [2.05, 4.69) is 17.6 Å². The number of hydrogen-bond donors (Lipinski definition) is 2. The van der Waals surface area contributed by atoms with Crippen LogP contribution in [0, 0.1) is 5.92 Å². The molecule has 0 saturated carbocycles. The molecule has 1 fully saturated rings. The Morgan fingerprint density at radius 1 is 1.39 bits per heavy atom. The van der Waals surface area contributed by atoms with Gasteiger partial charge in [-0.3, -0.25) is 4.79 Å². The van der Waals surface area contributed by atoms with E-state index in [0.717, 1.165) is 24.3 Å². The summed E-state index contributed by atoms with van der Waals surface area (Å²) in [7, 11) is 3.94. The van der Waals surface area contributed by atoms with Crippen molar-refractivity contribution >= 4 is 11.6 Å². The molecular formula is C14H21N3O. The van der Waals surface area contributed by atoms with E-state index in [1.807, 2.05) is 43.3 Å². The second kappa shape index (κ2) is 5.40. The Morgan fingerprint density at radius 2 is 2.17 bits per heavy atom. The van der Waals surface area contributed by atoms with Crippen molar-refractivity contribution in [1.82, 2.24) is 10.6 Å². The second-order valence-electron chi connectivity index (χ2n) is 5.16. The molecule has 4 nitrogen and oxygen atoms in total. The molecule has 0 radical (unpaired) electrons. The molecule has 1 saturated heterocycles. The van der Waals surface area contributed by atoms with Gasteiger partial charge in [0.2, 0.25) is 0 Å². The quantitative estimate of drug-likeness (QED) is 0.840. The van der Waals surface area contributed by atoms with E-state index < -0.39 is 0 Å². The van der Waals surface area contributed by atoms with Crippen molar-refractivity contribution in [3.8, 4) is 0 Å². The molecule has 4 heteroatoms. The van der Waals surface area contributed by atoms with Crippen LogP contribution < -0.4 is 15.5 Å². The fraction of sp³-hybridized carbons (Fsp3) is 0.500. The fourth-order valence-corrected chi connectivity index (χ4v) is 2.18. The van der Waals surface area contributed by atoms with Crippen molar-refractivity contribution < 1.29 is 4.79 Å². The van der Waals surface area contributed by atoms with Gasteiger partial charge in [0.05, 0.1) is 0 Å². The van der Waals surface area contributed by atoms with Crippen molar-refractivity contribution in [2.24, 2.45) is 5.92 Å². The highest BCUT2D eigenvalue weighted by Crippen LogP contribution is 2.14. The number of hydrogen-bond acceptors (Lipinski definition) is 3. The number of benzene rings is 1. The fourth-order valence-electron chi connectivity index (χ4n) is 2.18. The molecule has 1 aromatic carbocycles. The second-order valence-corrected chi connectivity index (χ2v) is 5.16. The lowest BCUT2D eigenvalue weighted by molar-refractivity contribution is 0.0933. The third-order valence-electron chi connectivity index (χ3n) is 3.46. The Balaban J connectivity index is 2.06. The van der Waals surface area contributed by atoms with Crippen molar-refractivity contribution in [3.63, 3.8) is 0 Å². The van der Waals surface area contributed by atoms with Crippen LogP contribution in [0.25, 0.3) is 0 Å². The van der Waals surface area contributed by atoms with Crippen LogP contribution >= 0.6 is 0 Å². The first-order valence-corrected chi connectivity index (χ1v) is 6.37. The Bertz CT molecular complexity index is 431. The predicted octanol–water partition coefficient (Wildman–Crippen LogP) is 1.09. The third kappa shape index (κ3) is 2.82. The molecule has 1 aromatic rings. The van der Waals surface area contributed by atoms with Gasteiger partial charge in [-0.25, -0.2) is 0 Å². The zero-order valence-corrected chi connectivity index (χ0v) is 11.2. The maximum absolute atomic E-state index is 12.2. The standard InChI is InChI=1S/C14H21N3O/c1-10-8-15-9-13(10)16-14(18)11-5-4-6-12(7-11)17(2)3/h4-7,10,13,15H,8-9H2,1-3H3,(H,16,18). The summed E-state index contributed by atoms with van der Waals surface area (Å²) in [6.45, 7) is 3.99. The molecular weight excluding hydrogens is 226 g/mol. The predicted molar refractivity (Wildman–Crippen MR) is 74.1 cm³/mol. The lowest BCUT2D eigenvalue weighted by Crippen LogP contribution is -2.39. The molecule has 1 aliphatic rings. The molecule has 1 amide bonds. The summed E-state index contributed by atoms with van der Waals surface area (Å²) < 4.78 is 0. The molecule has 1 heterocycles. The highest BCUT2D eigenvalue weighted by Gasteiger charge is 2.24. The Morgan fingerprint density at radius 3 is 2.78 bits per heavy atom. The van der Waals surface area contributed by atoms with E-state index in [9.17, 15) is 4.79 Å². The number of nitrogens with one attached hydrogen (secondary N) is 2. The van der Waals surface area contributed by atoms with E-state index in [0.29, 0.717) is 5.92 Å². The monoisotopic (exact) mass is 247 g/mol. The van der Waals surface area contributed by atoms with E-state index in [-0.39, 0.29) is 11.9 Å². The molecule has 18 heavy (non-hydrogen) atoms. The number of anilines is 1. The number of rotatable bonds is 3. The van der Waals surface area contributed by atoms with Crippen LogP contribution in [-0.2, 0) is 0 Å². The van der Waals surface area contributed by atoms with Gasteiger partial charge in [0.1, 0.15) is 0 Å². The molecule has 0 aromatic heterocycles. The van der Waals surface area contributed by atoms with E-state index in [1.54, 1.807) is 0 Å². The summed E-state index contributed by atoms with van der Waals surface area (Å²) in [4.78, 5) is 14.2. The third-order valence-corrected chi connectivity index (χ3v) is 3.46. The van der Waals surface area contributed by atoms with Crippen molar-refractivity contribution in [2.45, 2.75) is 13.0 Å². The van der Waals surface area contributed by atoms with Crippen LogP contribution in [0.4, 0.5) is 5.69 Å². The molecule has 2 atom stereocenters. The van der Waals surface area contributed by atoms with E-state index >= 15 is 0 Å². The number of carbonyl (C=O) groups is 1. The SMILES string of the molecule is CC1CNCC1NC(=O)c1cccc(N(C)C)c1. The van der Waals surface area contributed by atoms with Gasteiger partial charge < -0.3 is 15.5 Å². The van der Waals surface area contributed by atoms with Crippen molar-refractivity contribution in [3.05, 3.63) is 29.8 Å². The topological polar surface area (TPSA) is 44.4 Å². The minimum atomic E-state index is 0.0132. The van der Waals surface area contributed by atoms with Crippen LogP contribution in [0.1, 0.15) is 17.3 Å². The van der Waals surface area contributed by atoms with Crippen LogP contribution in [-0.4, -0.2) is 39.1 Å².